The van der Waals surface area contributed by atoms with Crippen LogP contribution in [0.25, 0.3) is 0 Å². The molecule has 0 aliphatic heterocycles. The summed E-state index contributed by atoms with van der Waals surface area (Å²) >= 11 is 3.48. The minimum absolute atomic E-state index is 0.213. The van der Waals surface area contributed by atoms with E-state index in [1.54, 1.807) is 6.07 Å². The van der Waals surface area contributed by atoms with Crippen molar-refractivity contribution < 1.29 is 9.13 Å². The van der Waals surface area contributed by atoms with Crippen molar-refractivity contribution in [3.05, 3.63) is 29.6 Å². The third-order valence-electron chi connectivity index (χ3n) is 2.53. The van der Waals surface area contributed by atoms with E-state index in [2.05, 4.69) is 22.9 Å². The highest BCUT2D eigenvalue weighted by molar-refractivity contribution is 9.09. The van der Waals surface area contributed by atoms with Crippen LogP contribution in [0.2, 0.25) is 0 Å². The summed E-state index contributed by atoms with van der Waals surface area (Å²) in [6.07, 6.45) is 2.30. The monoisotopic (exact) mass is 288 g/mol. The van der Waals surface area contributed by atoms with E-state index in [4.69, 9.17) is 4.74 Å². The zero-order chi connectivity index (χ0) is 12.0. The van der Waals surface area contributed by atoms with Gasteiger partial charge in [-0.15, -0.1) is 0 Å². The molecule has 0 radical (unpaired) electrons. The number of hydrogen-bond acceptors (Lipinski definition) is 1. The molecule has 0 fully saturated rings. The van der Waals surface area contributed by atoms with Gasteiger partial charge in [-0.3, -0.25) is 0 Å². The van der Waals surface area contributed by atoms with Crippen LogP contribution in [0.3, 0.4) is 0 Å². The molecule has 0 bridgehead atoms. The van der Waals surface area contributed by atoms with Gasteiger partial charge in [0.15, 0.2) is 0 Å². The number of alkyl halides is 1. The SMILES string of the molecule is CCCC(CBr)COc1ccc(F)cc1C. The summed E-state index contributed by atoms with van der Waals surface area (Å²) in [6.45, 7) is 4.71. The quantitative estimate of drug-likeness (QED) is 0.708. The highest BCUT2D eigenvalue weighted by atomic mass is 79.9. The minimum atomic E-state index is -0.213. The second kappa shape index (κ2) is 6.89. The molecule has 1 unspecified atom stereocenters. The third kappa shape index (κ3) is 4.12. The maximum Gasteiger partial charge on any atom is 0.123 e. The van der Waals surface area contributed by atoms with Gasteiger partial charge in [0.1, 0.15) is 11.6 Å². The molecule has 90 valence electrons. The molecule has 0 heterocycles. The summed E-state index contributed by atoms with van der Waals surface area (Å²) in [5.41, 5.74) is 0.852. The fourth-order valence-corrected chi connectivity index (χ4v) is 2.11. The van der Waals surface area contributed by atoms with Gasteiger partial charge in [-0.25, -0.2) is 4.39 Å². The van der Waals surface area contributed by atoms with E-state index in [0.717, 1.165) is 29.5 Å². The van der Waals surface area contributed by atoms with E-state index in [9.17, 15) is 4.39 Å². The molecule has 0 aliphatic carbocycles. The van der Waals surface area contributed by atoms with Gasteiger partial charge in [0, 0.05) is 11.2 Å². The first-order valence-electron chi connectivity index (χ1n) is 5.62. The first-order chi connectivity index (χ1) is 7.67. The van der Waals surface area contributed by atoms with Crippen molar-refractivity contribution >= 4 is 15.9 Å². The zero-order valence-electron chi connectivity index (χ0n) is 9.80. The molecule has 3 heteroatoms. The van der Waals surface area contributed by atoms with E-state index < -0.39 is 0 Å². The normalized spacial score (nSPS) is 12.5. The van der Waals surface area contributed by atoms with Gasteiger partial charge in [-0.05, 0) is 37.1 Å². The van der Waals surface area contributed by atoms with Crippen LogP contribution in [-0.4, -0.2) is 11.9 Å². The van der Waals surface area contributed by atoms with Gasteiger partial charge >= 0.3 is 0 Å². The molecule has 1 atom stereocenters. The second-order valence-corrected chi connectivity index (χ2v) is 4.68. The molecule has 0 N–H and O–H groups in total. The summed E-state index contributed by atoms with van der Waals surface area (Å²) in [6, 6.07) is 4.63. The molecule has 0 aliphatic rings. The standard InChI is InChI=1S/C13H18BrFO/c1-3-4-11(8-14)9-16-13-6-5-12(15)7-10(13)2/h5-7,11H,3-4,8-9H2,1-2H3. The Labute approximate surface area is 105 Å². The van der Waals surface area contributed by atoms with E-state index in [1.807, 2.05) is 6.92 Å². The fraction of sp³-hybridized carbons (Fsp3) is 0.538. The van der Waals surface area contributed by atoms with Crippen LogP contribution >= 0.6 is 15.9 Å². The van der Waals surface area contributed by atoms with Gasteiger partial charge in [-0.1, -0.05) is 29.3 Å². The Morgan fingerprint density at radius 2 is 2.19 bits per heavy atom. The molecule has 0 saturated carbocycles. The molecule has 0 amide bonds. The number of benzene rings is 1. The molecule has 0 saturated heterocycles. The maximum atomic E-state index is 12.9. The van der Waals surface area contributed by atoms with E-state index in [0.29, 0.717) is 12.5 Å². The van der Waals surface area contributed by atoms with E-state index >= 15 is 0 Å². The molecule has 1 aromatic carbocycles. The molecule has 0 aromatic heterocycles. The van der Waals surface area contributed by atoms with Crippen molar-refractivity contribution in [3.8, 4) is 5.75 Å². The Kier molecular flexibility index (Phi) is 5.81. The fourth-order valence-electron chi connectivity index (χ4n) is 1.60. The Hall–Kier alpha value is -0.570. The summed E-state index contributed by atoms with van der Waals surface area (Å²) in [5, 5.41) is 0.946. The second-order valence-electron chi connectivity index (χ2n) is 4.03. The van der Waals surface area contributed by atoms with Crippen molar-refractivity contribution in [1.29, 1.82) is 0 Å². The Bertz CT molecular complexity index is 328. The smallest absolute Gasteiger partial charge is 0.123 e. The molecular weight excluding hydrogens is 271 g/mol. The van der Waals surface area contributed by atoms with Gasteiger partial charge < -0.3 is 4.74 Å². The van der Waals surface area contributed by atoms with Crippen molar-refractivity contribution in [2.75, 3.05) is 11.9 Å². The maximum absolute atomic E-state index is 12.9. The molecule has 16 heavy (non-hydrogen) atoms. The number of rotatable bonds is 6. The minimum Gasteiger partial charge on any atom is -0.493 e. The lowest BCUT2D eigenvalue weighted by Gasteiger charge is -2.15. The van der Waals surface area contributed by atoms with Crippen LogP contribution < -0.4 is 4.74 Å². The van der Waals surface area contributed by atoms with Crippen molar-refractivity contribution in [3.63, 3.8) is 0 Å². The van der Waals surface area contributed by atoms with Crippen LogP contribution in [-0.2, 0) is 0 Å². The number of ether oxygens (including phenoxy) is 1. The Morgan fingerprint density at radius 3 is 2.75 bits per heavy atom. The molecule has 1 nitrogen and oxygen atoms in total. The predicted octanol–water partition coefficient (Wildman–Crippen LogP) is 4.32. The summed E-state index contributed by atoms with van der Waals surface area (Å²) in [5.74, 6) is 1.09. The van der Waals surface area contributed by atoms with E-state index in [1.165, 1.54) is 12.1 Å². The van der Waals surface area contributed by atoms with Crippen molar-refractivity contribution in [1.82, 2.24) is 0 Å². The van der Waals surface area contributed by atoms with Gasteiger partial charge in [0.05, 0.1) is 6.61 Å². The lowest BCUT2D eigenvalue weighted by Crippen LogP contribution is -2.13. The highest BCUT2D eigenvalue weighted by Crippen LogP contribution is 2.20. The molecular formula is C13H18BrFO. The van der Waals surface area contributed by atoms with Gasteiger partial charge in [0.25, 0.3) is 0 Å². The average molecular weight is 289 g/mol. The summed E-state index contributed by atoms with van der Waals surface area (Å²) in [7, 11) is 0. The topological polar surface area (TPSA) is 9.23 Å². The van der Waals surface area contributed by atoms with Gasteiger partial charge in [-0.2, -0.15) is 0 Å². The highest BCUT2D eigenvalue weighted by Gasteiger charge is 2.08. The predicted molar refractivity (Wildman–Crippen MR) is 68.8 cm³/mol. The first-order valence-corrected chi connectivity index (χ1v) is 6.74. The van der Waals surface area contributed by atoms with Gasteiger partial charge in [0.2, 0.25) is 0 Å². The number of hydrogen-bond donors (Lipinski definition) is 0. The first kappa shape index (κ1) is 13.5. The number of aryl methyl sites for hydroxylation is 1. The van der Waals surface area contributed by atoms with Crippen LogP contribution in [0.1, 0.15) is 25.3 Å². The van der Waals surface area contributed by atoms with Crippen LogP contribution in [0.5, 0.6) is 5.75 Å². The van der Waals surface area contributed by atoms with Crippen molar-refractivity contribution in [2.24, 2.45) is 5.92 Å². The Balaban J connectivity index is 2.53. The van der Waals surface area contributed by atoms with E-state index in [-0.39, 0.29) is 5.82 Å². The average Bonchev–Trinajstić information content (AvgIpc) is 2.26. The summed E-state index contributed by atoms with van der Waals surface area (Å²) < 4.78 is 18.6. The third-order valence-corrected chi connectivity index (χ3v) is 3.44. The Morgan fingerprint density at radius 1 is 1.44 bits per heavy atom. The van der Waals surface area contributed by atoms with Crippen LogP contribution in [0, 0.1) is 18.7 Å². The van der Waals surface area contributed by atoms with Crippen LogP contribution in [0.15, 0.2) is 18.2 Å². The largest absolute Gasteiger partial charge is 0.493 e. The zero-order valence-corrected chi connectivity index (χ0v) is 11.4. The molecule has 0 spiro atoms. The lowest BCUT2D eigenvalue weighted by atomic mass is 10.1. The molecule has 1 rings (SSSR count). The van der Waals surface area contributed by atoms with Crippen molar-refractivity contribution in [2.45, 2.75) is 26.7 Å². The molecule has 1 aromatic rings. The number of halogens is 2. The van der Waals surface area contributed by atoms with Crippen LogP contribution in [0.4, 0.5) is 4.39 Å². The lowest BCUT2D eigenvalue weighted by molar-refractivity contribution is 0.253. The summed E-state index contributed by atoms with van der Waals surface area (Å²) in [4.78, 5) is 0.